The number of nitroso groups, excluding NO2 is 1. The molecule has 0 saturated heterocycles. The lowest BCUT2D eigenvalue weighted by atomic mass is 10.2. The molecule has 0 aromatic carbocycles. The lowest BCUT2D eigenvalue weighted by molar-refractivity contribution is -0.376. The van der Waals surface area contributed by atoms with E-state index >= 15 is 0 Å². The van der Waals surface area contributed by atoms with Crippen LogP contribution in [0, 0.1) is 4.54 Å². The highest BCUT2D eigenvalue weighted by Crippen LogP contribution is 2.02. The van der Waals surface area contributed by atoms with Crippen LogP contribution in [-0.2, 0) is 0 Å². The van der Waals surface area contributed by atoms with E-state index in [0.717, 1.165) is 0 Å². The van der Waals surface area contributed by atoms with E-state index in [1.807, 2.05) is 0 Å². The predicted octanol–water partition coefficient (Wildman–Crippen LogP) is 0.0430. The maximum absolute atomic E-state index is 10.2. The first-order valence-corrected chi connectivity index (χ1v) is 2.55. The monoisotopic (exact) mass is 130 g/mol. The van der Waals surface area contributed by atoms with Crippen molar-refractivity contribution in [3.8, 4) is 0 Å². The second-order valence-electron chi connectivity index (χ2n) is 2.22. The highest BCUT2D eigenvalue weighted by molar-refractivity contribution is 5.22. The largest absolute Gasteiger partial charge is 0.847 e. The van der Waals surface area contributed by atoms with Crippen LogP contribution in [0.2, 0.25) is 0 Å². The molecule has 0 rings (SSSR count). The number of hydrogen-bond donors (Lipinski definition) is 0. The molecule has 0 aliphatic carbocycles. The standard InChI is InChI=1S/C5H10N2O2/c1-5(2,4-8)9-7-6-3/h3-4H2,1-2H3. The van der Waals surface area contributed by atoms with Gasteiger partial charge in [0, 0.05) is 20.6 Å². The summed E-state index contributed by atoms with van der Waals surface area (Å²) in [7, 11) is 0. The molecule has 0 N–H and O–H groups in total. The summed E-state index contributed by atoms with van der Waals surface area (Å²) in [5, 5.41) is 16.4. The molecule has 0 radical (unpaired) electrons. The summed E-state index contributed by atoms with van der Waals surface area (Å²) in [5.41, 5.74) is -0.763. The average molecular weight is 130 g/mol. The number of rotatable bonds is 3. The van der Waals surface area contributed by atoms with Gasteiger partial charge >= 0.3 is 5.60 Å². The predicted molar refractivity (Wildman–Crippen MR) is 34.3 cm³/mol. The van der Waals surface area contributed by atoms with E-state index in [1.165, 1.54) is 0 Å². The van der Waals surface area contributed by atoms with Gasteiger partial charge in [0.15, 0.2) is 0 Å². The van der Waals surface area contributed by atoms with Crippen molar-refractivity contribution in [1.82, 2.24) is 0 Å². The van der Waals surface area contributed by atoms with E-state index in [9.17, 15) is 5.11 Å². The zero-order valence-electron chi connectivity index (χ0n) is 5.63. The van der Waals surface area contributed by atoms with Gasteiger partial charge in [-0.15, -0.1) is 0 Å². The van der Waals surface area contributed by atoms with Crippen LogP contribution >= 0.6 is 0 Å². The van der Waals surface area contributed by atoms with Gasteiger partial charge in [-0.1, -0.05) is 9.64 Å². The van der Waals surface area contributed by atoms with Gasteiger partial charge in [-0.3, -0.25) is 0 Å². The maximum Gasteiger partial charge on any atom is 0.305 e. The third kappa shape index (κ3) is 3.78. The fourth-order valence-corrected chi connectivity index (χ4v) is 0.166. The smallest absolute Gasteiger partial charge is 0.305 e. The van der Waals surface area contributed by atoms with Gasteiger partial charge in [-0.2, -0.15) is 0 Å². The third-order valence-electron chi connectivity index (χ3n) is 0.693. The van der Waals surface area contributed by atoms with E-state index in [2.05, 4.69) is 21.6 Å². The topological polar surface area (TPSA) is 59.1 Å². The van der Waals surface area contributed by atoms with E-state index < -0.39 is 5.60 Å². The second kappa shape index (κ2) is 3.29. The Kier molecular flexibility index (Phi) is 3.01. The maximum atomic E-state index is 10.2. The Labute approximate surface area is 53.9 Å². The van der Waals surface area contributed by atoms with Gasteiger partial charge in [0.1, 0.15) is 0 Å². The molecule has 0 aliphatic heterocycles. The van der Waals surface area contributed by atoms with Gasteiger partial charge in [-0.25, -0.2) is 0 Å². The van der Waals surface area contributed by atoms with Crippen molar-refractivity contribution in [2.24, 2.45) is 10.4 Å². The van der Waals surface area contributed by atoms with Crippen LogP contribution in [0.3, 0.4) is 0 Å². The molecule has 4 heteroatoms. The summed E-state index contributed by atoms with van der Waals surface area (Å²) in [5.74, 6) is 0. The minimum Gasteiger partial charge on any atom is -0.847 e. The minimum atomic E-state index is -0.763. The molecule has 0 aliphatic rings. The number of nitrogens with zero attached hydrogens (tertiary/aromatic N) is 2. The van der Waals surface area contributed by atoms with E-state index in [4.69, 9.17) is 0 Å². The lowest BCUT2D eigenvalue weighted by Gasteiger charge is -2.07. The van der Waals surface area contributed by atoms with Crippen LogP contribution in [0.1, 0.15) is 13.8 Å². The van der Waals surface area contributed by atoms with Gasteiger partial charge in [-0.05, 0) is 6.61 Å². The molecular formula is C5H10N2O2. The normalized spacial score (nSPS) is 12.3. The fourth-order valence-electron chi connectivity index (χ4n) is 0.166. The molecule has 4 nitrogen and oxygen atoms in total. The van der Waals surface area contributed by atoms with Gasteiger partial charge < -0.3 is 5.11 Å². The Balaban J connectivity index is 3.84. The Morgan fingerprint density at radius 2 is 2.22 bits per heavy atom. The molecule has 0 fully saturated rings. The molecule has 0 unspecified atom stereocenters. The average Bonchev–Trinajstić information content (AvgIpc) is 1.84. The van der Waals surface area contributed by atoms with Crippen molar-refractivity contribution in [2.75, 3.05) is 6.61 Å². The SMILES string of the molecule is C=NN=[O+]C(C)(C)C[O-]. The summed E-state index contributed by atoms with van der Waals surface area (Å²) in [6, 6.07) is 0. The Bertz CT molecular complexity index is 120. The van der Waals surface area contributed by atoms with Crippen molar-refractivity contribution in [3.05, 3.63) is 4.54 Å². The second-order valence-corrected chi connectivity index (χ2v) is 2.22. The Morgan fingerprint density at radius 3 is 2.56 bits per heavy atom. The molecule has 0 aromatic rings. The summed E-state index contributed by atoms with van der Waals surface area (Å²) < 4.78 is 4.61. The molecule has 0 atom stereocenters. The van der Waals surface area contributed by atoms with Crippen LogP contribution in [0.15, 0.2) is 10.4 Å². The number of hydrogen-bond acceptors (Lipinski definition) is 2. The van der Waals surface area contributed by atoms with Crippen molar-refractivity contribution in [1.29, 1.82) is 0 Å². The van der Waals surface area contributed by atoms with Gasteiger partial charge in [0.05, 0.1) is 0 Å². The van der Waals surface area contributed by atoms with Crippen molar-refractivity contribution in [2.45, 2.75) is 19.4 Å². The van der Waals surface area contributed by atoms with Crippen LogP contribution in [-0.4, -0.2) is 18.9 Å². The molecule has 0 spiro atoms. The van der Waals surface area contributed by atoms with Crippen LogP contribution < -0.4 is 5.11 Å². The Hall–Kier alpha value is -0.770. The first-order valence-electron chi connectivity index (χ1n) is 2.55. The van der Waals surface area contributed by atoms with Crippen LogP contribution in [0.25, 0.3) is 0 Å². The van der Waals surface area contributed by atoms with E-state index in [1.54, 1.807) is 13.8 Å². The lowest BCUT2D eigenvalue weighted by Crippen LogP contribution is -2.31. The Morgan fingerprint density at radius 1 is 1.67 bits per heavy atom. The molecule has 52 valence electrons. The molecule has 0 heterocycles. The first-order chi connectivity index (χ1) is 4.12. The van der Waals surface area contributed by atoms with Crippen LogP contribution in [0.4, 0.5) is 0 Å². The molecule has 0 bridgehead atoms. The van der Waals surface area contributed by atoms with Crippen LogP contribution in [0.5, 0.6) is 0 Å². The molecule has 9 heavy (non-hydrogen) atoms. The highest BCUT2D eigenvalue weighted by Gasteiger charge is 2.23. The van der Waals surface area contributed by atoms with Crippen molar-refractivity contribution >= 4 is 6.72 Å². The van der Waals surface area contributed by atoms with Crippen molar-refractivity contribution in [3.63, 3.8) is 0 Å². The first kappa shape index (κ1) is 8.23. The van der Waals surface area contributed by atoms with Crippen molar-refractivity contribution < 1.29 is 5.11 Å². The van der Waals surface area contributed by atoms with Gasteiger partial charge in [0.25, 0.3) is 5.29 Å². The molecule has 0 aromatic heterocycles. The van der Waals surface area contributed by atoms with E-state index in [0.29, 0.717) is 0 Å². The fraction of sp³-hybridized carbons (Fsp3) is 0.800. The van der Waals surface area contributed by atoms with E-state index in [-0.39, 0.29) is 6.61 Å². The summed E-state index contributed by atoms with van der Waals surface area (Å²) >= 11 is 0. The highest BCUT2D eigenvalue weighted by atomic mass is 16.5. The summed E-state index contributed by atoms with van der Waals surface area (Å²) in [6.45, 7) is 5.98. The minimum absolute atomic E-state index is 0.341. The zero-order chi connectivity index (χ0) is 7.33. The quantitative estimate of drug-likeness (QED) is 0.302. The zero-order valence-corrected chi connectivity index (χ0v) is 5.63. The summed E-state index contributed by atoms with van der Waals surface area (Å²) in [4.78, 5) is 0. The molecular weight excluding hydrogens is 120 g/mol. The molecule has 0 saturated carbocycles. The molecule has 0 amide bonds. The summed E-state index contributed by atoms with van der Waals surface area (Å²) in [6.07, 6.45) is 0. The van der Waals surface area contributed by atoms with Gasteiger partial charge in [0.2, 0.25) is 0 Å². The third-order valence-corrected chi connectivity index (χ3v) is 0.693.